The lowest BCUT2D eigenvalue weighted by Gasteiger charge is -2.10. The van der Waals surface area contributed by atoms with E-state index in [1.807, 2.05) is 6.26 Å². The van der Waals surface area contributed by atoms with Gasteiger partial charge in [-0.25, -0.2) is 13.1 Å². The molecule has 0 saturated heterocycles. The fourth-order valence-corrected chi connectivity index (χ4v) is 3.06. The molecule has 19 heavy (non-hydrogen) atoms. The summed E-state index contributed by atoms with van der Waals surface area (Å²) in [6.45, 7) is 2.52. The quantitative estimate of drug-likeness (QED) is 0.768. The summed E-state index contributed by atoms with van der Waals surface area (Å²) in [6, 6.07) is 6.94. The number of benzene rings is 1. The zero-order valence-corrected chi connectivity index (χ0v) is 12.9. The van der Waals surface area contributed by atoms with E-state index in [4.69, 9.17) is 5.11 Å². The van der Waals surface area contributed by atoms with E-state index in [1.165, 1.54) is 0 Å². The van der Waals surface area contributed by atoms with Crippen molar-refractivity contribution in [3.8, 4) is 0 Å². The minimum absolute atomic E-state index is 0.0215. The van der Waals surface area contributed by atoms with E-state index in [2.05, 4.69) is 11.6 Å². The van der Waals surface area contributed by atoms with Gasteiger partial charge in [-0.1, -0.05) is 31.2 Å². The Morgan fingerprint density at radius 3 is 2.37 bits per heavy atom. The summed E-state index contributed by atoms with van der Waals surface area (Å²) in [5.41, 5.74) is 1.51. The minimum atomic E-state index is -3.28. The van der Waals surface area contributed by atoms with Gasteiger partial charge in [-0.05, 0) is 23.8 Å². The van der Waals surface area contributed by atoms with E-state index in [0.717, 1.165) is 17.5 Å². The monoisotopic (exact) mass is 303 g/mol. The Balaban J connectivity index is 2.49. The summed E-state index contributed by atoms with van der Waals surface area (Å²) in [5.74, 6) is -0.0215. The van der Waals surface area contributed by atoms with E-state index in [0.29, 0.717) is 11.8 Å². The fraction of sp³-hybridized carbons (Fsp3) is 0.538. The smallest absolute Gasteiger partial charge is 0.215 e. The summed E-state index contributed by atoms with van der Waals surface area (Å²) in [4.78, 5) is 0. The molecule has 6 heteroatoms. The van der Waals surface area contributed by atoms with Crippen LogP contribution in [-0.4, -0.2) is 31.6 Å². The summed E-state index contributed by atoms with van der Waals surface area (Å²) >= 11 is 1.72. The number of nitrogens with one attached hydrogen (secondary N) is 1. The summed E-state index contributed by atoms with van der Waals surface area (Å²) in [7, 11) is -3.28. The van der Waals surface area contributed by atoms with Crippen molar-refractivity contribution in [2.45, 2.75) is 31.0 Å². The molecule has 4 nitrogen and oxygen atoms in total. The van der Waals surface area contributed by atoms with Crippen LogP contribution in [0.15, 0.2) is 24.3 Å². The Labute approximate surface area is 119 Å². The predicted molar refractivity (Wildman–Crippen MR) is 80.6 cm³/mol. The topological polar surface area (TPSA) is 66.4 Å². The van der Waals surface area contributed by atoms with Crippen molar-refractivity contribution in [1.82, 2.24) is 4.72 Å². The molecule has 0 spiro atoms. The molecule has 1 unspecified atom stereocenters. The zero-order valence-electron chi connectivity index (χ0n) is 11.3. The maximum absolute atomic E-state index is 11.9. The van der Waals surface area contributed by atoms with Gasteiger partial charge in [-0.2, -0.15) is 11.8 Å². The number of aliphatic hydroxyl groups excluding tert-OH is 1. The molecule has 1 rings (SSSR count). The van der Waals surface area contributed by atoms with Crippen LogP contribution in [0.1, 0.15) is 24.5 Å². The lowest BCUT2D eigenvalue weighted by atomic mass is 10.2. The second kappa shape index (κ2) is 7.89. The van der Waals surface area contributed by atoms with Gasteiger partial charge in [0.15, 0.2) is 0 Å². The number of hydrogen-bond acceptors (Lipinski definition) is 4. The van der Waals surface area contributed by atoms with Crippen LogP contribution in [-0.2, 0) is 22.4 Å². The molecular formula is C13H21NO3S2. The van der Waals surface area contributed by atoms with E-state index < -0.39 is 10.0 Å². The highest BCUT2D eigenvalue weighted by Gasteiger charge is 2.11. The Morgan fingerprint density at radius 2 is 1.84 bits per heavy atom. The Morgan fingerprint density at radius 1 is 1.26 bits per heavy atom. The molecule has 1 aromatic carbocycles. The first-order valence-corrected chi connectivity index (χ1v) is 9.09. The molecule has 0 aliphatic carbocycles. The van der Waals surface area contributed by atoms with Crippen LogP contribution >= 0.6 is 11.8 Å². The first-order valence-electron chi connectivity index (χ1n) is 6.15. The predicted octanol–water partition coefficient (Wildman–Crippen LogP) is 1.74. The molecule has 0 aliphatic rings. The van der Waals surface area contributed by atoms with Crippen LogP contribution in [0.25, 0.3) is 0 Å². The highest BCUT2D eigenvalue weighted by molar-refractivity contribution is 7.99. The molecule has 2 N–H and O–H groups in total. The molecule has 0 radical (unpaired) electrons. The molecule has 0 amide bonds. The van der Waals surface area contributed by atoms with Crippen molar-refractivity contribution in [2.75, 3.05) is 12.8 Å². The molecule has 1 aromatic rings. The third kappa shape index (κ3) is 6.42. The Kier molecular flexibility index (Phi) is 6.85. The minimum Gasteiger partial charge on any atom is -0.392 e. The van der Waals surface area contributed by atoms with E-state index in [-0.39, 0.29) is 12.4 Å². The van der Waals surface area contributed by atoms with Gasteiger partial charge in [0.2, 0.25) is 10.0 Å². The number of aliphatic hydroxyl groups is 1. The molecule has 108 valence electrons. The molecule has 1 atom stereocenters. The SMILES string of the molecule is CSC(C)CCNS(=O)(=O)Cc1ccc(CO)cc1. The Hall–Kier alpha value is -0.560. The van der Waals surface area contributed by atoms with Crippen molar-refractivity contribution in [1.29, 1.82) is 0 Å². The molecule has 0 heterocycles. The first kappa shape index (κ1) is 16.5. The molecule has 0 fully saturated rings. The van der Waals surface area contributed by atoms with Gasteiger partial charge in [0.25, 0.3) is 0 Å². The number of hydrogen-bond donors (Lipinski definition) is 2. The van der Waals surface area contributed by atoms with Gasteiger partial charge in [-0.15, -0.1) is 0 Å². The van der Waals surface area contributed by atoms with Gasteiger partial charge in [0, 0.05) is 11.8 Å². The van der Waals surface area contributed by atoms with Gasteiger partial charge in [-0.3, -0.25) is 0 Å². The summed E-state index contributed by atoms with van der Waals surface area (Å²) < 4.78 is 26.3. The summed E-state index contributed by atoms with van der Waals surface area (Å²) in [6.07, 6.45) is 2.84. The van der Waals surface area contributed by atoms with Crippen molar-refractivity contribution in [2.24, 2.45) is 0 Å². The maximum atomic E-state index is 11.9. The second-order valence-corrected chi connectivity index (χ2v) is 7.55. The van der Waals surface area contributed by atoms with E-state index in [9.17, 15) is 8.42 Å². The normalized spacial score (nSPS) is 13.4. The fourth-order valence-electron chi connectivity index (χ4n) is 1.55. The highest BCUT2D eigenvalue weighted by atomic mass is 32.2. The summed E-state index contributed by atoms with van der Waals surface area (Å²) in [5, 5.41) is 9.37. The van der Waals surface area contributed by atoms with Crippen molar-refractivity contribution in [3.05, 3.63) is 35.4 Å². The number of sulfonamides is 1. The van der Waals surface area contributed by atoms with Gasteiger partial charge < -0.3 is 5.11 Å². The number of rotatable bonds is 8. The Bertz CT molecular complexity index is 471. The van der Waals surface area contributed by atoms with Crippen molar-refractivity contribution in [3.63, 3.8) is 0 Å². The van der Waals surface area contributed by atoms with Crippen molar-refractivity contribution < 1.29 is 13.5 Å². The van der Waals surface area contributed by atoms with Gasteiger partial charge in [0.05, 0.1) is 12.4 Å². The molecular weight excluding hydrogens is 282 g/mol. The zero-order chi connectivity index (χ0) is 14.3. The van der Waals surface area contributed by atoms with Crippen LogP contribution in [0, 0.1) is 0 Å². The van der Waals surface area contributed by atoms with Crippen LogP contribution in [0.4, 0.5) is 0 Å². The van der Waals surface area contributed by atoms with Crippen LogP contribution in [0.3, 0.4) is 0 Å². The first-order chi connectivity index (χ1) is 8.96. The second-order valence-electron chi connectivity index (χ2n) is 4.46. The standard InChI is InChI=1S/C13H21NO3S2/c1-11(18-2)7-8-14-19(16,17)10-13-5-3-12(9-15)4-6-13/h3-6,11,14-15H,7-10H2,1-2H3. The third-order valence-electron chi connectivity index (χ3n) is 2.84. The van der Waals surface area contributed by atoms with Crippen LogP contribution in [0.5, 0.6) is 0 Å². The van der Waals surface area contributed by atoms with Crippen LogP contribution in [0.2, 0.25) is 0 Å². The molecule has 0 saturated carbocycles. The van der Waals surface area contributed by atoms with E-state index >= 15 is 0 Å². The van der Waals surface area contributed by atoms with Gasteiger partial charge in [0.1, 0.15) is 0 Å². The van der Waals surface area contributed by atoms with Crippen molar-refractivity contribution >= 4 is 21.8 Å². The van der Waals surface area contributed by atoms with Gasteiger partial charge >= 0.3 is 0 Å². The third-order valence-corrected chi connectivity index (χ3v) is 5.24. The average Bonchev–Trinajstić information content (AvgIpc) is 2.38. The molecule has 0 aliphatic heterocycles. The average molecular weight is 303 g/mol. The lowest BCUT2D eigenvalue weighted by molar-refractivity contribution is 0.282. The lowest BCUT2D eigenvalue weighted by Crippen LogP contribution is -2.27. The van der Waals surface area contributed by atoms with E-state index in [1.54, 1.807) is 36.0 Å². The highest BCUT2D eigenvalue weighted by Crippen LogP contribution is 2.10. The maximum Gasteiger partial charge on any atom is 0.215 e. The number of thioether (sulfide) groups is 1. The molecule has 0 aromatic heterocycles. The molecule has 0 bridgehead atoms. The van der Waals surface area contributed by atoms with Crippen LogP contribution < -0.4 is 4.72 Å². The largest absolute Gasteiger partial charge is 0.392 e.